The molecule has 0 amide bonds. The smallest absolute Gasteiger partial charge is 0.247 e. The first-order chi connectivity index (χ1) is 9.44. The maximum absolute atomic E-state index is 13.8. The second kappa shape index (κ2) is 5.90. The molecule has 2 aromatic rings. The zero-order valence-electron chi connectivity index (χ0n) is 9.85. The van der Waals surface area contributed by atoms with E-state index in [1.807, 2.05) is 0 Å². The molecular weight excluding hydrogens is 328 g/mol. The minimum atomic E-state index is -4.17. The molecular formula is C11H8Cl2FN3O2S. The predicted octanol–water partition coefficient (Wildman–Crippen LogP) is 2.81. The summed E-state index contributed by atoms with van der Waals surface area (Å²) >= 11 is 11.4. The molecule has 0 saturated carbocycles. The van der Waals surface area contributed by atoms with Crippen LogP contribution in [-0.2, 0) is 15.9 Å². The molecule has 0 saturated heterocycles. The standard InChI is InChI=1S/C11H8Cl2FN3O2S/c12-6-7-4-9(14)10(5-8(7)13)20(18,19)17-11-15-2-1-3-16-11/h1-5H,6H2,(H,15,16,17). The van der Waals surface area contributed by atoms with E-state index in [4.69, 9.17) is 23.2 Å². The van der Waals surface area contributed by atoms with Gasteiger partial charge in [-0.15, -0.1) is 11.6 Å². The van der Waals surface area contributed by atoms with Crippen LogP contribution in [0.3, 0.4) is 0 Å². The van der Waals surface area contributed by atoms with E-state index < -0.39 is 20.7 Å². The Kier molecular flexibility index (Phi) is 4.42. The van der Waals surface area contributed by atoms with Crippen molar-refractivity contribution in [2.24, 2.45) is 0 Å². The zero-order valence-corrected chi connectivity index (χ0v) is 12.2. The fourth-order valence-electron chi connectivity index (χ4n) is 1.41. The molecule has 9 heteroatoms. The summed E-state index contributed by atoms with van der Waals surface area (Å²) in [4.78, 5) is 6.80. The molecule has 106 valence electrons. The number of alkyl halides is 1. The minimum Gasteiger partial charge on any atom is -0.247 e. The number of benzene rings is 1. The number of rotatable bonds is 4. The molecule has 0 bridgehead atoms. The van der Waals surface area contributed by atoms with Crippen molar-refractivity contribution >= 4 is 39.2 Å². The first-order valence-electron chi connectivity index (χ1n) is 5.28. The van der Waals surface area contributed by atoms with Gasteiger partial charge in [-0.3, -0.25) is 0 Å². The summed E-state index contributed by atoms with van der Waals surface area (Å²) in [6.45, 7) is 0. The lowest BCUT2D eigenvalue weighted by molar-refractivity contribution is 0.569. The van der Waals surface area contributed by atoms with Crippen molar-refractivity contribution in [3.63, 3.8) is 0 Å². The minimum absolute atomic E-state index is 0.0225. The van der Waals surface area contributed by atoms with Crippen molar-refractivity contribution in [2.45, 2.75) is 10.8 Å². The van der Waals surface area contributed by atoms with Gasteiger partial charge >= 0.3 is 0 Å². The number of halogens is 3. The number of aromatic nitrogens is 2. The fraction of sp³-hybridized carbons (Fsp3) is 0.0909. The number of hydrogen-bond acceptors (Lipinski definition) is 4. The van der Waals surface area contributed by atoms with Gasteiger partial charge in [0.15, 0.2) is 0 Å². The largest absolute Gasteiger partial charge is 0.267 e. The van der Waals surface area contributed by atoms with Crippen LogP contribution in [-0.4, -0.2) is 18.4 Å². The van der Waals surface area contributed by atoms with Crippen LogP contribution in [0.25, 0.3) is 0 Å². The molecule has 0 aliphatic heterocycles. The predicted molar refractivity (Wildman–Crippen MR) is 73.8 cm³/mol. The molecule has 5 nitrogen and oxygen atoms in total. The molecule has 1 heterocycles. The number of nitrogens with zero attached hydrogens (tertiary/aromatic N) is 2. The van der Waals surface area contributed by atoms with Crippen LogP contribution >= 0.6 is 23.2 Å². The Morgan fingerprint density at radius 1 is 1.25 bits per heavy atom. The van der Waals surface area contributed by atoms with Gasteiger partial charge in [-0.05, 0) is 23.8 Å². The second-order valence-corrected chi connectivity index (χ2v) is 6.01. The van der Waals surface area contributed by atoms with Crippen molar-refractivity contribution in [3.05, 3.63) is 47.0 Å². The van der Waals surface area contributed by atoms with Crippen molar-refractivity contribution in [1.82, 2.24) is 9.97 Å². The SMILES string of the molecule is O=S(=O)(Nc1ncccn1)c1cc(Cl)c(CCl)cc1F. The average Bonchev–Trinajstić information content (AvgIpc) is 2.41. The maximum Gasteiger partial charge on any atom is 0.267 e. The third-order valence-electron chi connectivity index (χ3n) is 2.33. The quantitative estimate of drug-likeness (QED) is 0.872. The first-order valence-corrected chi connectivity index (χ1v) is 7.67. The first kappa shape index (κ1) is 15.0. The van der Waals surface area contributed by atoms with E-state index in [2.05, 4.69) is 14.7 Å². The monoisotopic (exact) mass is 335 g/mol. The summed E-state index contributed by atoms with van der Waals surface area (Å²) in [5.74, 6) is -1.14. The maximum atomic E-state index is 13.8. The molecule has 0 fully saturated rings. The van der Waals surface area contributed by atoms with E-state index in [9.17, 15) is 12.8 Å². The van der Waals surface area contributed by atoms with Gasteiger partial charge in [0.05, 0.1) is 0 Å². The Labute approximate surface area is 124 Å². The van der Waals surface area contributed by atoms with Crippen LogP contribution in [0.1, 0.15) is 5.56 Å². The molecule has 0 aliphatic rings. The van der Waals surface area contributed by atoms with Gasteiger partial charge in [0, 0.05) is 23.3 Å². The highest BCUT2D eigenvalue weighted by Gasteiger charge is 2.22. The number of nitrogens with one attached hydrogen (secondary N) is 1. The highest BCUT2D eigenvalue weighted by Crippen LogP contribution is 2.26. The van der Waals surface area contributed by atoms with Gasteiger partial charge in [0.2, 0.25) is 5.95 Å². The van der Waals surface area contributed by atoms with Gasteiger partial charge in [-0.25, -0.2) is 27.5 Å². The van der Waals surface area contributed by atoms with Crippen molar-refractivity contribution in [1.29, 1.82) is 0 Å². The summed E-state index contributed by atoms with van der Waals surface area (Å²) in [5, 5.41) is 0.0655. The highest BCUT2D eigenvalue weighted by atomic mass is 35.5. The van der Waals surface area contributed by atoms with Crippen LogP contribution in [0, 0.1) is 5.82 Å². The molecule has 20 heavy (non-hydrogen) atoms. The van der Waals surface area contributed by atoms with E-state index in [0.29, 0.717) is 5.56 Å². The lowest BCUT2D eigenvalue weighted by Gasteiger charge is -2.09. The Bertz CT molecular complexity index is 726. The number of hydrogen-bond donors (Lipinski definition) is 1. The van der Waals surface area contributed by atoms with E-state index in [0.717, 1.165) is 12.1 Å². The molecule has 0 aliphatic carbocycles. The molecule has 1 aromatic carbocycles. The van der Waals surface area contributed by atoms with Crippen LogP contribution in [0.4, 0.5) is 10.3 Å². The Morgan fingerprint density at radius 3 is 2.50 bits per heavy atom. The van der Waals surface area contributed by atoms with E-state index >= 15 is 0 Å². The Morgan fingerprint density at radius 2 is 1.90 bits per heavy atom. The molecule has 0 radical (unpaired) electrons. The normalized spacial score (nSPS) is 11.3. The van der Waals surface area contributed by atoms with Gasteiger partial charge in [-0.2, -0.15) is 0 Å². The van der Waals surface area contributed by atoms with Crippen LogP contribution in [0.5, 0.6) is 0 Å². The summed E-state index contributed by atoms with van der Waals surface area (Å²) in [6, 6.07) is 3.50. The van der Waals surface area contributed by atoms with Crippen molar-refractivity contribution < 1.29 is 12.8 Å². The van der Waals surface area contributed by atoms with Gasteiger partial charge < -0.3 is 0 Å². The lowest BCUT2D eigenvalue weighted by Crippen LogP contribution is -2.16. The molecule has 1 N–H and O–H groups in total. The molecule has 2 rings (SSSR count). The summed E-state index contributed by atoms with van der Waals surface area (Å²) in [7, 11) is -4.17. The Balaban J connectivity index is 2.42. The second-order valence-electron chi connectivity index (χ2n) is 3.69. The number of anilines is 1. The zero-order chi connectivity index (χ0) is 14.8. The van der Waals surface area contributed by atoms with Gasteiger partial charge in [0.1, 0.15) is 10.7 Å². The summed E-state index contributed by atoms with van der Waals surface area (Å²) in [6.07, 6.45) is 2.70. The van der Waals surface area contributed by atoms with Gasteiger partial charge in [0.25, 0.3) is 10.0 Å². The highest BCUT2D eigenvalue weighted by molar-refractivity contribution is 7.92. The third-order valence-corrected chi connectivity index (χ3v) is 4.31. The van der Waals surface area contributed by atoms with Crippen LogP contribution in [0.15, 0.2) is 35.5 Å². The summed E-state index contributed by atoms with van der Waals surface area (Å²) in [5.41, 5.74) is 0.306. The van der Waals surface area contributed by atoms with E-state index in [1.165, 1.54) is 18.5 Å². The molecule has 1 aromatic heterocycles. The lowest BCUT2D eigenvalue weighted by atomic mass is 10.2. The average molecular weight is 336 g/mol. The van der Waals surface area contributed by atoms with Gasteiger partial charge in [-0.1, -0.05) is 11.6 Å². The fourth-order valence-corrected chi connectivity index (χ4v) is 3.03. The summed E-state index contributed by atoms with van der Waals surface area (Å²) < 4.78 is 40.0. The van der Waals surface area contributed by atoms with E-state index in [1.54, 1.807) is 0 Å². The number of sulfonamides is 1. The Hall–Kier alpha value is -1.44. The molecule has 0 atom stereocenters. The molecule has 0 spiro atoms. The van der Waals surface area contributed by atoms with Crippen LogP contribution in [0.2, 0.25) is 5.02 Å². The van der Waals surface area contributed by atoms with Crippen LogP contribution < -0.4 is 4.72 Å². The van der Waals surface area contributed by atoms with Crippen molar-refractivity contribution in [3.8, 4) is 0 Å². The van der Waals surface area contributed by atoms with E-state index in [-0.39, 0.29) is 16.9 Å². The third kappa shape index (κ3) is 3.17. The molecule has 0 unspecified atom stereocenters. The topological polar surface area (TPSA) is 72.0 Å². The van der Waals surface area contributed by atoms with Crippen molar-refractivity contribution in [2.75, 3.05) is 4.72 Å².